The zero-order valence-corrected chi connectivity index (χ0v) is 12.2. The van der Waals surface area contributed by atoms with Crippen molar-refractivity contribution in [3.63, 3.8) is 0 Å². The predicted molar refractivity (Wildman–Crippen MR) is 79.7 cm³/mol. The molecule has 3 heteroatoms. The molecule has 0 heterocycles. The smallest absolute Gasteiger partial charge is 0.119 e. The number of nitrogens with one attached hydrogen (secondary N) is 1. The lowest BCUT2D eigenvalue weighted by Gasteiger charge is -2.14. The molecule has 1 aromatic carbocycles. The van der Waals surface area contributed by atoms with Gasteiger partial charge in [-0.1, -0.05) is 38.0 Å². The maximum absolute atomic E-state index is 5.68. The second-order valence-corrected chi connectivity index (χ2v) is 4.75. The molecule has 0 fully saturated rings. The summed E-state index contributed by atoms with van der Waals surface area (Å²) in [6.45, 7) is 7.54. The Morgan fingerprint density at radius 2 is 1.89 bits per heavy atom. The molecule has 19 heavy (non-hydrogen) atoms. The third-order valence-corrected chi connectivity index (χ3v) is 2.89. The van der Waals surface area contributed by atoms with Crippen LogP contribution in [0.2, 0.25) is 0 Å². The van der Waals surface area contributed by atoms with Crippen molar-refractivity contribution in [2.45, 2.75) is 39.2 Å². The number of unbranched alkanes of at least 4 members (excludes halogenated alkanes) is 2. The molecule has 0 aliphatic carbocycles. The van der Waals surface area contributed by atoms with E-state index in [9.17, 15) is 0 Å². The Morgan fingerprint density at radius 3 is 2.63 bits per heavy atom. The molecule has 0 aromatic heterocycles. The van der Waals surface area contributed by atoms with Crippen molar-refractivity contribution in [3.05, 3.63) is 30.3 Å². The summed E-state index contributed by atoms with van der Waals surface area (Å²) < 4.78 is 11.3. The van der Waals surface area contributed by atoms with Crippen LogP contribution in [0.25, 0.3) is 0 Å². The summed E-state index contributed by atoms with van der Waals surface area (Å²) in [4.78, 5) is 0. The van der Waals surface area contributed by atoms with E-state index in [-0.39, 0.29) is 6.10 Å². The first-order valence-electron chi connectivity index (χ1n) is 7.33. The van der Waals surface area contributed by atoms with E-state index in [2.05, 4.69) is 19.2 Å². The maximum Gasteiger partial charge on any atom is 0.119 e. The van der Waals surface area contributed by atoms with E-state index in [0.717, 1.165) is 18.8 Å². The number of para-hydroxylation sites is 1. The summed E-state index contributed by atoms with van der Waals surface area (Å²) in [5.41, 5.74) is 0. The molecule has 0 bridgehead atoms. The zero-order chi connectivity index (χ0) is 13.8. The van der Waals surface area contributed by atoms with Gasteiger partial charge in [-0.2, -0.15) is 0 Å². The number of hydrogen-bond acceptors (Lipinski definition) is 3. The lowest BCUT2D eigenvalue weighted by molar-refractivity contribution is 0.0448. The van der Waals surface area contributed by atoms with Gasteiger partial charge >= 0.3 is 0 Å². The molecular weight excluding hydrogens is 238 g/mol. The molecular formula is C16H27NO2. The first-order chi connectivity index (χ1) is 9.33. The van der Waals surface area contributed by atoms with Gasteiger partial charge in [-0.05, 0) is 32.0 Å². The first-order valence-corrected chi connectivity index (χ1v) is 7.33. The summed E-state index contributed by atoms with van der Waals surface area (Å²) in [5.74, 6) is 0.899. The van der Waals surface area contributed by atoms with Gasteiger partial charge in [0.1, 0.15) is 12.4 Å². The highest BCUT2D eigenvalue weighted by Crippen LogP contribution is 2.07. The Bertz CT molecular complexity index is 303. The van der Waals surface area contributed by atoms with E-state index >= 15 is 0 Å². The molecule has 0 amide bonds. The topological polar surface area (TPSA) is 30.5 Å². The minimum atomic E-state index is 0.237. The summed E-state index contributed by atoms with van der Waals surface area (Å²) >= 11 is 0. The Hall–Kier alpha value is -1.06. The highest BCUT2D eigenvalue weighted by Gasteiger charge is 2.01. The molecule has 1 rings (SSSR count). The van der Waals surface area contributed by atoms with Crippen molar-refractivity contribution in [3.8, 4) is 5.75 Å². The fourth-order valence-corrected chi connectivity index (χ4v) is 1.79. The van der Waals surface area contributed by atoms with Crippen LogP contribution < -0.4 is 10.1 Å². The SMILES string of the molecule is CCCCCNCC(C)OCCOc1ccccc1. The largest absolute Gasteiger partial charge is 0.491 e. The van der Waals surface area contributed by atoms with Crippen LogP contribution in [0.4, 0.5) is 0 Å². The van der Waals surface area contributed by atoms with Crippen molar-refractivity contribution in [2.75, 3.05) is 26.3 Å². The second-order valence-electron chi connectivity index (χ2n) is 4.75. The van der Waals surface area contributed by atoms with Crippen LogP contribution in [0.3, 0.4) is 0 Å². The molecule has 1 atom stereocenters. The van der Waals surface area contributed by atoms with Crippen molar-refractivity contribution in [2.24, 2.45) is 0 Å². The molecule has 1 N–H and O–H groups in total. The zero-order valence-electron chi connectivity index (χ0n) is 12.2. The van der Waals surface area contributed by atoms with Crippen molar-refractivity contribution in [1.82, 2.24) is 5.32 Å². The lowest BCUT2D eigenvalue weighted by Crippen LogP contribution is -2.28. The molecule has 0 radical (unpaired) electrons. The van der Waals surface area contributed by atoms with Crippen molar-refractivity contribution >= 4 is 0 Å². The molecule has 3 nitrogen and oxygen atoms in total. The molecule has 0 aliphatic rings. The molecule has 108 valence electrons. The number of ether oxygens (including phenoxy) is 2. The number of rotatable bonds is 11. The van der Waals surface area contributed by atoms with Crippen molar-refractivity contribution < 1.29 is 9.47 Å². The van der Waals surface area contributed by atoms with E-state index in [1.54, 1.807) is 0 Å². The predicted octanol–water partition coefficient (Wildman–Crippen LogP) is 3.25. The number of benzene rings is 1. The Kier molecular flexibility index (Phi) is 9.11. The van der Waals surface area contributed by atoms with Gasteiger partial charge in [0.15, 0.2) is 0 Å². The fourth-order valence-electron chi connectivity index (χ4n) is 1.79. The van der Waals surface area contributed by atoms with Gasteiger partial charge in [0, 0.05) is 6.54 Å². The third-order valence-electron chi connectivity index (χ3n) is 2.89. The molecule has 1 aromatic rings. The van der Waals surface area contributed by atoms with Crippen LogP contribution in [0.15, 0.2) is 30.3 Å². The normalized spacial score (nSPS) is 12.3. The van der Waals surface area contributed by atoms with Crippen LogP contribution in [0, 0.1) is 0 Å². The first kappa shape index (κ1) is 16.0. The van der Waals surface area contributed by atoms with E-state index < -0.39 is 0 Å². The summed E-state index contributed by atoms with van der Waals surface area (Å²) in [6, 6.07) is 9.84. The number of hydrogen-bond donors (Lipinski definition) is 1. The lowest BCUT2D eigenvalue weighted by atomic mass is 10.2. The third kappa shape index (κ3) is 8.62. The minimum Gasteiger partial charge on any atom is -0.491 e. The Morgan fingerprint density at radius 1 is 1.11 bits per heavy atom. The van der Waals surface area contributed by atoms with Crippen LogP contribution >= 0.6 is 0 Å². The van der Waals surface area contributed by atoms with Crippen LogP contribution in [0.5, 0.6) is 5.75 Å². The maximum atomic E-state index is 5.68. The molecule has 0 spiro atoms. The minimum absolute atomic E-state index is 0.237. The van der Waals surface area contributed by atoms with Gasteiger partial charge < -0.3 is 14.8 Å². The average molecular weight is 265 g/mol. The van der Waals surface area contributed by atoms with Crippen LogP contribution in [-0.2, 0) is 4.74 Å². The second kappa shape index (κ2) is 10.8. The average Bonchev–Trinajstić information content (AvgIpc) is 2.44. The van der Waals surface area contributed by atoms with Gasteiger partial charge in [0.2, 0.25) is 0 Å². The van der Waals surface area contributed by atoms with E-state index in [0.29, 0.717) is 13.2 Å². The standard InChI is InChI=1S/C16H27NO2/c1-3-4-8-11-17-14-15(2)18-12-13-19-16-9-6-5-7-10-16/h5-7,9-10,15,17H,3-4,8,11-14H2,1-2H3. The fraction of sp³-hybridized carbons (Fsp3) is 0.625. The molecule has 0 aliphatic heterocycles. The summed E-state index contributed by atoms with van der Waals surface area (Å²) in [7, 11) is 0. The quantitative estimate of drug-likeness (QED) is 0.623. The van der Waals surface area contributed by atoms with Gasteiger partial charge in [-0.25, -0.2) is 0 Å². The van der Waals surface area contributed by atoms with Crippen molar-refractivity contribution in [1.29, 1.82) is 0 Å². The Balaban J connectivity index is 1.94. The highest BCUT2D eigenvalue weighted by molar-refractivity contribution is 5.20. The summed E-state index contributed by atoms with van der Waals surface area (Å²) in [6.07, 6.45) is 4.05. The molecule has 0 saturated carbocycles. The van der Waals surface area contributed by atoms with Crippen LogP contribution in [0.1, 0.15) is 33.1 Å². The van der Waals surface area contributed by atoms with E-state index in [1.165, 1.54) is 19.3 Å². The van der Waals surface area contributed by atoms with E-state index in [4.69, 9.17) is 9.47 Å². The van der Waals surface area contributed by atoms with Gasteiger partial charge in [-0.3, -0.25) is 0 Å². The highest BCUT2D eigenvalue weighted by atomic mass is 16.5. The van der Waals surface area contributed by atoms with Gasteiger partial charge in [0.25, 0.3) is 0 Å². The Labute approximate surface area is 117 Å². The van der Waals surface area contributed by atoms with E-state index in [1.807, 2.05) is 30.3 Å². The van der Waals surface area contributed by atoms with Crippen LogP contribution in [-0.4, -0.2) is 32.4 Å². The molecule has 1 unspecified atom stereocenters. The monoisotopic (exact) mass is 265 g/mol. The molecule has 0 saturated heterocycles. The van der Waals surface area contributed by atoms with Gasteiger partial charge in [-0.15, -0.1) is 0 Å². The summed E-state index contributed by atoms with van der Waals surface area (Å²) in [5, 5.41) is 3.41. The van der Waals surface area contributed by atoms with Gasteiger partial charge in [0.05, 0.1) is 12.7 Å².